The van der Waals surface area contributed by atoms with Crippen LogP contribution in [-0.4, -0.2) is 14.5 Å². The van der Waals surface area contributed by atoms with Gasteiger partial charge in [-0.05, 0) is 37.0 Å². The third-order valence-electron chi connectivity index (χ3n) is 3.68. The zero-order chi connectivity index (χ0) is 14.0. The molecule has 0 aliphatic heterocycles. The van der Waals surface area contributed by atoms with Crippen LogP contribution in [0, 0.1) is 5.92 Å². The standard InChI is InChI=1S/C13H19ClN2O2S/c1-9-4-2-3-5-12(9)16-19(17,18)13-8-10(14)6-7-11(13)15/h6-9,12,16H,2-5,15H2,1H3. The van der Waals surface area contributed by atoms with E-state index in [0.717, 1.165) is 19.3 Å². The lowest BCUT2D eigenvalue weighted by atomic mass is 9.87. The van der Waals surface area contributed by atoms with Crippen molar-refractivity contribution in [3.63, 3.8) is 0 Å². The van der Waals surface area contributed by atoms with Crippen LogP contribution in [0.25, 0.3) is 0 Å². The normalized spacial score (nSPS) is 24.3. The van der Waals surface area contributed by atoms with Crippen LogP contribution >= 0.6 is 11.6 Å². The molecule has 0 radical (unpaired) electrons. The molecule has 0 amide bonds. The minimum absolute atomic E-state index is 0.0165. The largest absolute Gasteiger partial charge is 0.398 e. The molecule has 19 heavy (non-hydrogen) atoms. The highest BCUT2D eigenvalue weighted by molar-refractivity contribution is 7.89. The van der Waals surface area contributed by atoms with E-state index in [2.05, 4.69) is 11.6 Å². The van der Waals surface area contributed by atoms with E-state index in [4.69, 9.17) is 17.3 Å². The van der Waals surface area contributed by atoms with Gasteiger partial charge in [-0.3, -0.25) is 0 Å². The van der Waals surface area contributed by atoms with E-state index in [1.54, 1.807) is 6.07 Å². The zero-order valence-electron chi connectivity index (χ0n) is 10.9. The maximum Gasteiger partial charge on any atom is 0.242 e. The highest BCUT2D eigenvalue weighted by Gasteiger charge is 2.27. The third-order valence-corrected chi connectivity index (χ3v) is 5.46. The van der Waals surface area contributed by atoms with Gasteiger partial charge in [0.15, 0.2) is 0 Å². The number of halogens is 1. The maximum absolute atomic E-state index is 12.4. The minimum Gasteiger partial charge on any atom is -0.398 e. The summed E-state index contributed by atoms with van der Waals surface area (Å²) in [5.74, 6) is 0.351. The topological polar surface area (TPSA) is 72.2 Å². The van der Waals surface area contributed by atoms with E-state index in [-0.39, 0.29) is 16.6 Å². The number of rotatable bonds is 3. The Morgan fingerprint density at radius 1 is 1.32 bits per heavy atom. The number of benzene rings is 1. The first kappa shape index (κ1) is 14.6. The van der Waals surface area contributed by atoms with E-state index >= 15 is 0 Å². The fraction of sp³-hybridized carbons (Fsp3) is 0.538. The van der Waals surface area contributed by atoms with Crippen molar-refractivity contribution in [2.45, 2.75) is 43.5 Å². The molecule has 1 aromatic rings. The smallest absolute Gasteiger partial charge is 0.242 e. The zero-order valence-corrected chi connectivity index (χ0v) is 12.5. The first-order valence-corrected chi connectivity index (χ1v) is 8.33. The van der Waals surface area contributed by atoms with Crippen molar-refractivity contribution >= 4 is 27.3 Å². The van der Waals surface area contributed by atoms with Gasteiger partial charge in [0.25, 0.3) is 0 Å². The summed E-state index contributed by atoms with van der Waals surface area (Å²) in [6.45, 7) is 2.08. The molecule has 2 unspecified atom stereocenters. The van der Waals surface area contributed by atoms with E-state index in [1.165, 1.54) is 18.6 Å². The second kappa shape index (κ2) is 5.69. The first-order chi connectivity index (χ1) is 8.90. The highest BCUT2D eigenvalue weighted by Crippen LogP contribution is 2.27. The summed E-state index contributed by atoms with van der Waals surface area (Å²) in [7, 11) is -3.61. The quantitative estimate of drug-likeness (QED) is 0.843. The van der Waals surface area contributed by atoms with Gasteiger partial charge in [-0.2, -0.15) is 0 Å². The molecule has 3 N–H and O–H groups in total. The molecular formula is C13H19ClN2O2S. The fourth-order valence-corrected chi connectivity index (χ4v) is 4.27. The van der Waals surface area contributed by atoms with Crippen LogP contribution in [-0.2, 0) is 10.0 Å². The summed E-state index contributed by atoms with van der Waals surface area (Å²) in [5, 5.41) is 0.367. The number of nitrogens with two attached hydrogens (primary N) is 1. The van der Waals surface area contributed by atoms with Gasteiger partial charge in [0.05, 0.1) is 5.69 Å². The van der Waals surface area contributed by atoms with Crippen molar-refractivity contribution in [1.82, 2.24) is 4.72 Å². The van der Waals surface area contributed by atoms with Crippen LogP contribution < -0.4 is 10.5 Å². The predicted molar refractivity (Wildman–Crippen MR) is 77.6 cm³/mol. The summed E-state index contributed by atoms with van der Waals surface area (Å²) in [6.07, 6.45) is 4.15. The van der Waals surface area contributed by atoms with Crippen LogP contribution in [0.1, 0.15) is 32.6 Å². The lowest BCUT2D eigenvalue weighted by Gasteiger charge is -2.29. The number of nitrogens with one attached hydrogen (secondary N) is 1. The molecular weight excluding hydrogens is 284 g/mol. The van der Waals surface area contributed by atoms with Gasteiger partial charge >= 0.3 is 0 Å². The molecule has 0 spiro atoms. The van der Waals surface area contributed by atoms with Crippen LogP contribution in [0.3, 0.4) is 0 Å². The molecule has 0 heterocycles. The average molecular weight is 303 g/mol. The maximum atomic E-state index is 12.4. The Morgan fingerprint density at radius 3 is 2.68 bits per heavy atom. The molecule has 106 valence electrons. The molecule has 0 bridgehead atoms. The van der Waals surface area contributed by atoms with Crippen molar-refractivity contribution in [3.8, 4) is 0 Å². The van der Waals surface area contributed by atoms with E-state index in [9.17, 15) is 8.42 Å². The predicted octanol–water partition coefficient (Wildman–Crippen LogP) is 2.78. The monoisotopic (exact) mass is 302 g/mol. The van der Waals surface area contributed by atoms with Crippen molar-refractivity contribution in [3.05, 3.63) is 23.2 Å². The van der Waals surface area contributed by atoms with Gasteiger partial charge in [0.1, 0.15) is 4.90 Å². The number of hydrogen-bond acceptors (Lipinski definition) is 3. The molecule has 1 saturated carbocycles. The van der Waals surface area contributed by atoms with Crippen molar-refractivity contribution in [2.75, 3.05) is 5.73 Å². The molecule has 1 aromatic carbocycles. The fourth-order valence-electron chi connectivity index (χ4n) is 2.50. The molecule has 6 heteroatoms. The molecule has 2 atom stereocenters. The third kappa shape index (κ3) is 3.41. The number of sulfonamides is 1. The van der Waals surface area contributed by atoms with Crippen molar-refractivity contribution in [1.29, 1.82) is 0 Å². The van der Waals surface area contributed by atoms with Crippen LogP contribution in [0.5, 0.6) is 0 Å². The van der Waals surface area contributed by atoms with E-state index < -0.39 is 10.0 Å². The Balaban J connectivity index is 2.24. The van der Waals surface area contributed by atoms with Crippen LogP contribution in [0.15, 0.2) is 23.1 Å². The minimum atomic E-state index is -3.61. The van der Waals surface area contributed by atoms with Gasteiger partial charge in [-0.15, -0.1) is 0 Å². The second-order valence-corrected chi connectivity index (χ2v) is 7.29. The summed E-state index contributed by atoms with van der Waals surface area (Å²) >= 11 is 5.85. The molecule has 1 aliphatic carbocycles. The molecule has 0 saturated heterocycles. The molecule has 1 aliphatic rings. The Morgan fingerprint density at radius 2 is 2.00 bits per heavy atom. The summed E-state index contributed by atoms with van der Waals surface area (Å²) < 4.78 is 27.5. The van der Waals surface area contributed by atoms with Gasteiger partial charge in [-0.1, -0.05) is 31.4 Å². The van der Waals surface area contributed by atoms with Gasteiger partial charge in [0.2, 0.25) is 10.0 Å². The lowest BCUT2D eigenvalue weighted by molar-refractivity contribution is 0.310. The summed E-state index contributed by atoms with van der Waals surface area (Å²) in [5.41, 5.74) is 5.96. The van der Waals surface area contributed by atoms with Crippen molar-refractivity contribution < 1.29 is 8.42 Å². The Bertz CT molecular complexity index is 560. The first-order valence-electron chi connectivity index (χ1n) is 6.47. The number of anilines is 1. The summed E-state index contributed by atoms with van der Waals surface area (Å²) in [4.78, 5) is 0.0674. The Hall–Kier alpha value is -0.780. The highest BCUT2D eigenvalue weighted by atomic mass is 35.5. The SMILES string of the molecule is CC1CCCCC1NS(=O)(=O)c1cc(Cl)ccc1N. The van der Waals surface area contributed by atoms with Gasteiger partial charge in [-0.25, -0.2) is 13.1 Å². The lowest BCUT2D eigenvalue weighted by Crippen LogP contribution is -2.41. The second-order valence-electron chi connectivity index (χ2n) is 5.17. The Labute approximate surface area is 119 Å². The summed E-state index contributed by atoms with van der Waals surface area (Å²) in [6, 6.07) is 4.48. The number of hydrogen-bond donors (Lipinski definition) is 2. The average Bonchev–Trinajstić information content (AvgIpc) is 2.35. The molecule has 4 nitrogen and oxygen atoms in total. The molecule has 1 fully saturated rings. The molecule has 2 rings (SSSR count). The van der Waals surface area contributed by atoms with Gasteiger partial charge < -0.3 is 5.73 Å². The Kier molecular flexibility index (Phi) is 4.38. The van der Waals surface area contributed by atoms with E-state index in [0.29, 0.717) is 10.9 Å². The van der Waals surface area contributed by atoms with Crippen molar-refractivity contribution in [2.24, 2.45) is 5.92 Å². The van der Waals surface area contributed by atoms with Crippen LogP contribution in [0.4, 0.5) is 5.69 Å². The van der Waals surface area contributed by atoms with Gasteiger partial charge in [0, 0.05) is 11.1 Å². The molecule has 0 aromatic heterocycles. The van der Waals surface area contributed by atoms with E-state index in [1.807, 2.05) is 0 Å². The van der Waals surface area contributed by atoms with Crippen LogP contribution in [0.2, 0.25) is 5.02 Å². The number of nitrogen functional groups attached to an aromatic ring is 1.